The Bertz CT molecular complexity index is 801. The molecule has 21 heavy (non-hydrogen) atoms. The van der Waals surface area contributed by atoms with E-state index in [0.717, 1.165) is 17.7 Å². The van der Waals surface area contributed by atoms with Gasteiger partial charge < -0.3 is 4.98 Å². The number of rotatable bonds is 3. The van der Waals surface area contributed by atoms with Crippen LogP contribution in [0.4, 0.5) is 0 Å². The van der Waals surface area contributed by atoms with Gasteiger partial charge in [0.2, 0.25) is 0 Å². The zero-order valence-corrected chi connectivity index (χ0v) is 12.3. The lowest BCUT2D eigenvalue weighted by Gasteiger charge is -2.08. The Morgan fingerprint density at radius 1 is 1.33 bits per heavy atom. The quantitative estimate of drug-likeness (QED) is 0.905. The Hall–Kier alpha value is -2.24. The molecule has 2 heterocycles. The molecule has 2 aromatic heterocycles. The highest BCUT2D eigenvalue weighted by Gasteiger charge is 2.41. The molecule has 6 heteroatoms. The molecular weight excluding hydrogens is 268 g/mol. The normalized spacial score (nSPS) is 20.8. The number of hydrogen-bond donors (Lipinski definition) is 2. The Kier molecular flexibility index (Phi) is 3.23. The van der Waals surface area contributed by atoms with Gasteiger partial charge in [-0.15, -0.1) is 5.10 Å². The van der Waals surface area contributed by atoms with Crippen LogP contribution in [-0.4, -0.2) is 20.2 Å². The molecule has 6 nitrogen and oxygen atoms in total. The first kappa shape index (κ1) is 13.7. The molecule has 114 valence electrons. The van der Waals surface area contributed by atoms with Crippen LogP contribution in [0.25, 0.3) is 11.3 Å². The van der Waals surface area contributed by atoms with Crippen molar-refractivity contribution < 1.29 is 2.85 Å². The predicted octanol–water partition coefficient (Wildman–Crippen LogP) is 2.08. The van der Waals surface area contributed by atoms with Crippen LogP contribution in [0.15, 0.2) is 21.9 Å². The van der Waals surface area contributed by atoms with Gasteiger partial charge in [0.25, 0.3) is 5.56 Å². The highest BCUT2D eigenvalue weighted by molar-refractivity contribution is 5.57. The van der Waals surface area contributed by atoms with Crippen molar-refractivity contribution >= 4 is 0 Å². The lowest BCUT2D eigenvalue weighted by atomic mass is 10.0. The number of aromatic nitrogens is 4. The maximum Gasteiger partial charge on any atom is 0.325 e. The van der Waals surface area contributed by atoms with Crippen molar-refractivity contribution in [3.63, 3.8) is 0 Å². The third-order valence-electron chi connectivity index (χ3n) is 4.21. The van der Waals surface area contributed by atoms with Crippen molar-refractivity contribution in [2.24, 2.45) is 11.8 Å². The largest absolute Gasteiger partial charge is 0.325 e. The monoisotopic (exact) mass is 290 g/mol. The van der Waals surface area contributed by atoms with Gasteiger partial charge in [-0.3, -0.25) is 9.78 Å². The van der Waals surface area contributed by atoms with E-state index >= 15 is 0 Å². The number of aromatic amines is 2. The molecule has 0 aromatic carbocycles. The van der Waals surface area contributed by atoms with Crippen LogP contribution >= 0.6 is 0 Å². The second-order valence-electron chi connectivity index (χ2n) is 6.01. The number of nitrogens with one attached hydrogen (secondary N) is 2. The van der Waals surface area contributed by atoms with Crippen LogP contribution in [-0.2, 0) is 0 Å². The topological polar surface area (TPSA) is 91.5 Å². The van der Waals surface area contributed by atoms with E-state index in [1.54, 1.807) is 0 Å². The summed E-state index contributed by atoms with van der Waals surface area (Å²) in [5, 5.41) is 8.27. The average molecular weight is 290 g/mol. The minimum Gasteiger partial charge on any atom is -0.313 e. The molecule has 3 rings (SSSR count). The molecule has 2 atom stereocenters. The van der Waals surface area contributed by atoms with E-state index in [-0.39, 0.29) is 2.85 Å². The third-order valence-corrected chi connectivity index (χ3v) is 4.21. The van der Waals surface area contributed by atoms with Gasteiger partial charge in [-0.2, -0.15) is 5.10 Å². The van der Waals surface area contributed by atoms with E-state index < -0.39 is 11.2 Å². The van der Waals surface area contributed by atoms with Crippen LogP contribution in [0, 0.1) is 18.8 Å². The summed E-state index contributed by atoms with van der Waals surface area (Å²) < 4.78 is 0. The van der Waals surface area contributed by atoms with Gasteiger partial charge >= 0.3 is 5.69 Å². The van der Waals surface area contributed by atoms with Gasteiger partial charge in [0, 0.05) is 9.05 Å². The Morgan fingerprint density at radius 3 is 2.71 bits per heavy atom. The summed E-state index contributed by atoms with van der Waals surface area (Å²) in [4.78, 5) is 27.6. The molecule has 1 aliphatic carbocycles. The number of nitrogens with zero attached hydrogens (tertiary/aromatic N) is 2. The summed E-state index contributed by atoms with van der Waals surface area (Å²) in [5.74, 6) is 1.82. The van der Waals surface area contributed by atoms with Gasteiger partial charge in [-0.05, 0) is 42.7 Å². The maximum absolute atomic E-state index is 11.9. The highest BCUT2D eigenvalue weighted by atomic mass is 16.2. The Balaban J connectivity index is 0.00000132. The Morgan fingerprint density at radius 2 is 2.10 bits per heavy atom. The molecule has 1 fully saturated rings. The standard InChI is InChI=1S/C15H18N4O2.2H2/c1-7(2)9-4-11(9)10-5-13(19-18-8(10)3)12-6-16-15(21)17-14(12)20;;/h5-7,9,11H,4H2,1-3H3,(H2,16,17,20,21);2*1H. The first-order valence-corrected chi connectivity index (χ1v) is 7.14. The second-order valence-corrected chi connectivity index (χ2v) is 6.01. The fraction of sp³-hybridized carbons (Fsp3) is 0.467. The first-order chi connectivity index (χ1) is 9.97. The molecule has 0 spiro atoms. The fourth-order valence-electron chi connectivity index (χ4n) is 2.88. The van der Waals surface area contributed by atoms with E-state index in [1.165, 1.54) is 6.20 Å². The lowest BCUT2D eigenvalue weighted by Crippen LogP contribution is -2.23. The molecular formula is C15H22N4O2. The SMILES string of the molecule is Cc1nnc(-c2c[nH]c(=O)[nH]c2=O)cc1C1CC1C(C)C.[HH].[HH]. The number of hydrogen-bond acceptors (Lipinski definition) is 4. The minimum atomic E-state index is -0.522. The number of aryl methyl sites for hydroxylation is 1. The van der Waals surface area contributed by atoms with Crippen molar-refractivity contribution in [2.75, 3.05) is 0 Å². The minimum absolute atomic E-state index is 0. The summed E-state index contributed by atoms with van der Waals surface area (Å²) >= 11 is 0. The zero-order chi connectivity index (χ0) is 15.1. The van der Waals surface area contributed by atoms with E-state index in [9.17, 15) is 9.59 Å². The van der Waals surface area contributed by atoms with Gasteiger partial charge in [0.15, 0.2) is 0 Å². The molecule has 2 unspecified atom stereocenters. The first-order valence-electron chi connectivity index (χ1n) is 7.14. The fourth-order valence-corrected chi connectivity index (χ4v) is 2.88. The average Bonchev–Trinajstić information content (AvgIpc) is 3.20. The van der Waals surface area contributed by atoms with Gasteiger partial charge in [0.05, 0.1) is 11.3 Å². The van der Waals surface area contributed by atoms with Gasteiger partial charge in [-0.1, -0.05) is 13.8 Å². The molecule has 0 saturated heterocycles. The summed E-state index contributed by atoms with van der Waals surface area (Å²) in [6, 6.07) is 1.93. The van der Waals surface area contributed by atoms with E-state index in [1.807, 2.05) is 13.0 Å². The van der Waals surface area contributed by atoms with Crippen molar-refractivity contribution in [3.8, 4) is 11.3 Å². The molecule has 1 aliphatic rings. The van der Waals surface area contributed by atoms with Gasteiger partial charge in [0.1, 0.15) is 5.69 Å². The van der Waals surface area contributed by atoms with Crippen molar-refractivity contribution in [2.45, 2.75) is 33.1 Å². The summed E-state index contributed by atoms with van der Waals surface area (Å²) in [5.41, 5.74) is 1.94. The summed E-state index contributed by atoms with van der Waals surface area (Å²) in [7, 11) is 0. The highest BCUT2D eigenvalue weighted by Crippen LogP contribution is 2.52. The van der Waals surface area contributed by atoms with E-state index in [0.29, 0.717) is 29.0 Å². The second kappa shape index (κ2) is 4.95. The third kappa shape index (κ3) is 2.53. The smallest absolute Gasteiger partial charge is 0.313 e. The molecule has 0 bridgehead atoms. The van der Waals surface area contributed by atoms with Crippen LogP contribution in [0.1, 0.15) is 40.3 Å². The Labute approximate surface area is 124 Å². The van der Waals surface area contributed by atoms with Crippen LogP contribution in [0.5, 0.6) is 0 Å². The van der Waals surface area contributed by atoms with Gasteiger partial charge in [-0.25, -0.2) is 4.79 Å². The van der Waals surface area contributed by atoms with Crippen LogP contribution < -0.4 is 11.2 Å². The number of H-pyrrole nitrogens is 2. The summed E-state index contributed by atoms with van der Waals surface area (Å²) in [6.45, 7) is 6.39. The molecule has 0 radical (unpaired) electrons. The molecule has 2 aromatic rings. The van der Waals surface area contributed by atoms with E-state index in [4.69, 9.17) is 0 Å². The molecule has 0 amide bonds. The maximum atomic E-state index is 11.9. The van der Waals surface area contributed by atoms with Crippen molar-refractivity contribution in [3.05, 3.63) is 44.4 Å². The summed E-state index contributed by atoms with van der Waals surface area (Å²) in [6.07, 6.45) is 2.54. The van der Waals surface area contributed by atoms with E-state index in [2.05, 4.69) is 34.0 Å². The molecule has 0 aliphatic heterocycles. The van der Waals surface area contributed by atoms with Crippen LogP contribution in [0.2, 0.25) is 0 Å². The van der Waals surface area contributed by atoms with Crippen LogP contribution in [0.3, 0.4) is 0 Å². The molecule has 2 N–H and O–H groups in total. The van der Waals surface area contributed by atoms with Crippen molar-refractivity contribution in [1.82, 2.24) is 20.2 Å². The lowest BCUT2D eigenvalue weighted by molar-refractivity contribution is 0.547. The molecule has 1 saturated carbocycles. The predicted molar refractivity (Wildman–Crippen MR) is 83.4 cm³/mol. The zero-order valence-electron chi connectivity index (χ0n) is 12.3. The van der Waals surface area contributed by atoms with Crippen molar-refractivity contribution in [1.29, 1.82) is 0 Å².